The Morgan fingerprint density at radius 2 is 1.39 bits per heavy atom. The van der Waals surface area contributed by atoms with Gasteiger partial charge in [0.1, 0.15) is 0 Å². The Morgan fingerprint density at radius 1 is 0.870 bits per heavy atom. The molecule has 23 heavy (non-hydrogen) atoms. The van der Waals surface area contributed by atoms with E-state index in [0.29, 0.717) is 10.7 Å². The second-order valence-electron chi connectivity index (χ2n) is 4.75. The number of sulfonamides is 2. The second kappa shape index (κ2) is 6.48. The van der Waals surface area contributed by atoms with Crippen LogP contribution in [0.15, 0.2) is 52.3 Å². The van der Waals surface area contributed by atoms with Gasteiger partial charge in [0.25, 0.3) is 10.0 Å². The normalized spacial score (nSPS) is 12.1. The van der Waals surface area contributed by atoms with Crippen molar-refractivity contribution in [2.75, 3.05) is 11.8 Å². The SMILES string of the molecule is CNS(=O)(=O)c1ccc(S(=O)(=O)Nc2ccc(C)c(Cl)c2)cc1. The summed E-state index contributed by atoms with van der Waals surface area (Å²) in [5, 5.41) is 0.445. The predicted molar refractivity (Wildman–Crippen MR) is 89.7 cm³/mol. The minimum absolute atomic E-state index is 0.0164. The van der Waals surface area contributed by atoms with Gasteiger partial charge in [0.2, 0.25) is 10.0 Å². The molecule has 2 rings (SSSR count). The molecule has 0 fully saturated rings. The molecule has 2 aromatic rings. The van der Waals surface area contributed by atoms with Crippen molar-refractivity contribution in [1.29, 1.82) is 0 Å². The summed E-state index contributed by atoms with van der Waals surface area (Å²) in [7, 11) is -6.17. The number of hydrogen-bond donors (Lipinski definition) is 2. The van der Waals surface area contributed by atoms with Crippen molar-refractivity contribution in [2.45, 2.75) is 16.7 Å². The van der Waals surface area contributed by atoms with Crippen molar-refractivity contribution < 1.29 is 16.8 Å². The standard InChI is InChI=1S/C14H15ClN2O4S2/c1-10-3-4-11(9-14(10)15)17-23(20,21)13-7-5-12(6-8-13)22(18,19)16-2/h3-9,16-17H,1-2H3. The molecule has 6 nitrogen and oxygen atoms in total. The number of anilines is 1. The van der Waals surface area contributed by atoms with Gasteiger partial charge in [-0.05, 0) is 55.9 Å². The first-order chi connectivity index (χ1) is 10.7. The topological polar surface area (TPSA) is 92.3 Å². The van der Waals surface area contributed by atoms with Gasteiger partial charge in [-0.3, -0.25) is 4.72 Å². The molecule has 2 N–H and O–H groups in total. The minimum Gasteiger partial charge on any atom is -0.280 e. The lowest BCUT2D eigenvalue weighted by Crippen LogP contribution is -2.19. The quantitative estimate of drug-likeness (QED) is 0.840. The van der Waals surface area contributed by atoms with Crippen LogP contribution in [0.1, 0.15) is 5.56 Å². The maximum Gasteiger partial charge on any atom is 0.261 e. The highest BCUT2D eigenvalue weighted by molar-refractivity contribution is 7.92. The molecule has 0 heterocycles. The smallest absolute Gasteiger partial charge is 0.261 e. The Morgan fingerprint density at radius 3 is 1.87 bits per heavy atom. The summed E-state index contributed by atoms with van der Waals surface area (Å²) in [5.41, 5.74) is 1.16. The molecule has 0 aromatic heterocycles. The van der Waals surface area contributed by atoms with Gasteiger partial charge in [-0.15, -0.1) is 0 Å². The van der Waals surface area contributed by atoms with E-state index in [1.54, 1.807) is 12.1 Å². The highest BCUT2D eigenvalue weighted by Gasteiger charge is 2.17. The summed E-state index contributed by atoms with van der Waals surface area (Å²) >= 11 is 5.97. The number of nitrogens with one attached hydrogen (secondary N) is 2. The molecule has 0 aliphatic carbocycles. The third kappa shape index (κ3) is 4.03. The summed E-state index contributed by atoms with van der Waals surface area (Å²) in [6.45, 7) is 1.81. The second-order valence-corrected chi connectivity index (χ2v) is 8.72. The van der Waals surface area contributed by atoms with Gasteiger partial charge in [0.15, 0.2) is 0 Å². The third-order valence-corrected chi connectivity index (χ3v) is 6.37. The van der Waals surface area contributed by atoms with Gasteiger partial charge < -0.3 is 0 Å². The lowest BCUT2D eigenvalue weighted by Gasteiger charge is -2.10. The average Bonchev–Trinajstić information content (AvgIpc) is 2.51. The van der Waals surface area contributed by atoms with E-state index in [1.807, 2.05) is 6.92 Å². The largest absolute Gasteiger partial charge is 0.280 e. The maximum absolute atomic E-state index is 12.3. The molecule has 2 aromatic carbocycles. The van der Waals surface area contributed by atoms with Crippen molar-refractivity contribution >= 4 is 37.3 Å². The van der Waals surface area contributed by atoms with Crippen LogP contribution in [-0.4, -0.2) is 23.9 Å². The summed E-state index contributed by atoms with van der Waals surface area (Å²) in [4.78, 5) is -0.0680. The monoisotopic (exact) mass is 374 g/mol. The van der Waals surface area contributed by atoms with Gasteiger partial charge in [-0.1, -0.05) is 17.7 Å². The molecule has 9 heteroatoms. The van der Waals surface area contributed by atoms with Crippen molar-refractivity contribution in [3.63, 3.8) is 0 Å². The number of benzene rings is 2. The van der Waals surface area contributed by atoms with Crippen LogP contribution in [0.5, 0.6) is 0 Å². The van der Waals surface area contributed by atoms with E-state index in [-0.39, 0.29) is 9.79 Å². The van der Waals surface area contributed by atoms with Crippen LogP contribution in [0.4, 0.5) is 5.69 Å². The molecule has 0 radical (unpaired) electrons. The van der Waals surface area contributed by atoms with Gasteiger partial charge in [0.05, 0.1) is 15.5 Å². The minimum atomic E-state index is -3.84. The fourth-order valence-electron chi connectivity index (χ4n) is 1.79. The molecular weight excluding hydrogens is 360 g/mol. The predicted octanol–water partition coefficient (Wildman–Crippen LogP) is 2.36. The first kappa shape index (κ1) is 17.7. The van der Waals surface area contributed by atoms with Crippen molar-refractivity contribution in [2.24, 2.45) is 0 Å². The average molecular weight is 375 g/mol. The van der Waals surface area contributed by atoms with Crippen LogP contribution >= 0.6 is 11.6 Å². The summed E-state index contributed by atoms with van der Waals surface area (Å²) in [6, 6.07) is 9.70. The number of aryl methyl sites for hydroxylation is 1. The Hall–Kier alpha value is -1.61. The van der Waals surface area contributed by atoms with Gasteiger partial charge >= 0.3 is 0 Å². The lowest BCUT2D eigenvalue weighted by molar-refractivity contribution is 0.587. The van der Waals surface area contributed by atoms with Crippen LogP contribution in [0.25, 0.3) is 0 Å². The first-order valence-corrected chi connectivity index (χ1v) is 9.83. The zero-order chi connectivity index (χ0) is 17.3. The molecule has 0 amide bonds. The van der Waals surface area contributed by atoms with E-state index >= 15 is 0 Å². The summed E-state index contributed by atoms with van der Waals surface area (Å²) < 4.78 is 52.4. The fourth-order valence-corrected chi connectivity index (χ4v) is 3.75. The number of hydrogen-bond acceptors (Lipinski definition) is 4. The Labute approximate surface area is 140 Å². The van der Waals surface area contributed by atoms with Crippen molar-refractivity contribution in [3.05, 3.63) is 53.1 Å². The van der Waals surface area contributed by atoms with Crippen LogP contribution in [0.3, 0.4) is 0 Å². The lowest BCUT2D eigenvalue weighted by atomic mass is 10.2. The van der Waals surface area contributed by atoms with Gasteiger partial charge in [0, 0.05) is 5.02 Å². The zero-order valence-corrected chi connectivity index (χ0v) is 14.8. The zero-order valence-electron chi connectivity index (χ0n) is 12.4. The molecule has 0 spiro atoms. The van der Waals surface area contributed by atoms with E-state index in [2.05, 4.69) is 9.44 Å². The molecular formula is C14H15ClN2O4S2. The number of rotatable bonds is 5. The van der Waals surface area contributed by atoms with Crippen molar-refractivity contribution in [3.8, 4) is 0 Å². The molecule has 124 valence electrons. The van der Waals surface area contributed by atoms with E-state index in [0.717, 1.165) is 5.56 Å². The summed E-state index contributed by atoms with van der Waals surface area (Å²) in [5.74, 6) is 0. The number of halogens is 1. The van der Waals surface area contributed by atoms with Gasteiger partial charge in [-0.25, -0.2) is 21.6 Å². The molecule has 0 aliphatic heterocycles. The molecule has 0 bridgehead atoms. The highest BCUT2D eigenvalue weighted by Crippen LogP contribution is 2.23. The van der Waals surface area contributed by atoms with Crippen molar-refractivity contribution in [1.82, 2.24) is 4.72 Å². The first-order valence-electron chi connectivity index (χ1n) is 6.48. The van der Waals surface area contributed by atoms with E-state index in [1.165, 1.54) is 37.4 Å². The highest BCUT2D eigenvalue weighted by atomic mass is 35.5. The van der Waals surface area contributed by atoms with Crippen LogP contribution in [0, 0.1) is 6.92 Å². The van der Waals surface area contributed by atoms with E-state index in [4.69, 9.17) is 11.6 Å². The van der Waals surface area contributed by atoms with E-state index < -0.39 is 20.0 Å². The Balaban J connectivity index is 2.31. The Bertz CT molecular complexity index is 924. The molecule has 0 atom stereocenters. The van der Waals surface area contributed by atoms with E-state index in [9.17, 15) is 16.8 Å². The third-order valence-electron chi connectivity index (χ3n) is 3.14. The van der Waals surface area contributed by atoms with Gasteiger partial charge in [-0.2, -0.15) is 0 Å². The summed E-state index contributed by atoms with van der Waals surface area (Å²) in [6.07, 6.45) is 0. The van der Waals surface area contributed by atoms with Crippen LogP contribution < -0.4 is 9.44 Å². The Kier molecular flexibility index (Phi) is 5.00. The fraction of sp³-hybridized carbons (Fsp3) is 0.143. The molecule has 0 unspecified atom stereocenters. The molecule has 0 aliphatic rings. The van der Waals surface area contributed by atoms with Crippen LogP contribution in [0.2, 0.25) is 5.02 Å². The van der Waals surface area contributed by atoms with Crippen LogP contribution in [-0.2, 0) is 20.0 Å². The molecule has 0 saturated carbocycles. The maximum atomic E-state index is 12.3. The molecule has 0 saturated heterocycles.